The molecule has 0 saturated heterocycles. The second kappa shape index (κ2) is 10.5. The van der Waals surface area contributed by atoms with Gasteiger partial charge in [0.1, 0.15) is 5.75 Å². The first-order valence-electron chi connectivity index (χ1n) is 9.61. The third-order valence-electron chi connectivity index (χ3n) is 4.62. The number of hydrogen-bond acceptors (Lipinski definition) is 4. The van der Waals surface area contributed by atoms with Gasteiger partial charge >= 0.3 is 0 Å². The third-order valence-corrected chi connectivity index (χ3v) is 5.11. The lowest BCUT2D eigenvalue weighted by Gasteiger charge is -2.12. The molecule has 31 heavy (non-hydrogen) atoms. The van der Waals surface area contributed by atoms with Crippen LogP contribution in [0.2, 0.25) is 0 Å². The molecule has 0 fully saturated rings. The van der Waals surface area contributed by atoms with Gasteiger partial charge in [0, 0.05) is 21.3 Å². The van der Waals surface area contributed by atoms with E-state index in [-0.39, 0.29) is 18.4 Å². The van der Waals surface area contributed by atoms with E-state index in [0.29, 0.717) is 16.9 Å². The number of ether oxygens (including phenoxy) is 1. The molecule has 0 aliphatic carbocycles. The molecule has 0 unspecified atom stereocenters. The summed E-state index contributed by atoms with van der Waals surface area (Å²) in [5.41, 5.74) is 6.48. The molecule has 0 aromatic heterocycles. The Bertz CT molecular complexity index is 1110. The maximum atomic E-state index is 12.4. The fourth-order valence-electron chi connectivity index (χ4n) is 2.78. The van der Waals surface area contributed by atoms with Crippen LogP contribution in [0.4, 0.5) is 5.69 Å². The molecule has 0 spiro atoms. The van der Waals surface area contributed by atoms with E-state index >= 15 is 0 Å². The van der Waals surface area contributed by atoms with Gasteiger partial charge in [-0.2, -0.15) is 5.10 Å². The zero-order valence-electron chi connectivity index (χ0n) is 17.2. The molecule has 6 nitrogen and oxygen atoms in total. The van der Waals surface area contributed by atoms with E-state index < -0.39 is 0 Å². The van der Waals surface area contributed by atoms with E-state index in [1.54, 1.807) is 42.5 Å². The first kappa shape index (κ1) is 22.2. The van der Waals surface area contributed by atoms with E-state index in [1.165, 1.54) is 6.21 Å². The van der Waals surface area contributed by atoms with Crippen molar-refractivity contribution < 1.29 is 14.3 Å². The summed E-state index contributed by atoms with van der Waals surface area (Å²) in [6.07, 6.45) is 1.48. The Hall–Kier alpha value is -3.45. The van der Waals surface area contributed by atoms with Gasteiger partial charge in [-0.05, 0) is 61.4 Å². The maximum Gasteiger partial charge on any atom is 0.271 e. The van der Waals surface area contributed by atoms with Gasteiger partial charge in [-0.25, -0.2) is 5.43 Å². The number of carbonyl (C=O) groups excluding carboxylic acids is 2. The van der Waals surface area contributed by atoms with Crippen LogP contribution in [0.1, 0.15) is 27.0 Å². The highest BCUT2D eigenvalue weighted by Gasteiger charge is 2.09. The Morgan fingerprint density at radius 2 is 1.81 bits per heavy atom. The summed E-state index contributed by atoms with van der Waals surface area (Å²) >= 11 is 3.41. The standard InChI is InChI=1S/C24H22BrN3O3/c1-16-7-6-10-21(17(16)2)27-23(29)15-31-22-12-11-20(25)13-19(22)14-26-28-24(30)18-8-4-3-5-9-18/h3-14H,15H2,1-2H3,(H,27,29)(H,28,30)/b26-14+. The first-order valence-corrected chi connectivity index (χ1v) is 10.4. The van der Waals surface area contributed by atoms with Crippen molar-refractivity contribution in [1.82, 2.24) is 5.43 Å². The largest absolute Gasteiger partial charge is 0.483 e. The van der Waals surface area contributed by atoms with Crippen molar-refractivity contribution in [2.24, 2.45) is 5.10 Å². The number of hydrogen-bond donors (Lipinski definition) is 2. The van der Waals surface area contributed by atoms with Crippen LogP contribution in [0.15, 0.2) is 76.3 Å². The molecule has 2 N–H and O–H groups in total. The molecule has 0 bridgehead atoms. The molecule has 3 aromatic carbocycles. The van der Waals surface area contributed by atoms with Gasteiger partial charge < -0.3 is 10.1 Å². The number of rotatable bonds is 7. The lowest BCUT2D eigenvalue weighted by molar-refractivity contribution is -0.118. The smallest absolute Gasteiger partial charge is 0.271 e. The number of benzene rings is 3. The van der Waals surface area contributed by atoms with Crippen LogP contribution in [-0.2, 0) is 4.79 Å². The van der Waals surface area contributed by atoms with Crippen molar-refractivity contribution in [3.63, 3.8) is 0 Å². The van der Waals surface area contributed by atoms with E-state index in [1.807, 2.05) is 38.1 Å². The Morgan fingerprint density at radius 1 is 1.03 bits per heavy atom. The van der Waals surface area contributed by atoms with Gasteiger partial charge in [0.2, 0.25) is 0 Å². The molecule has 158 valence electrons. The van der Waals surface area contributed by atoms with Crippen molar-refractivity contribution in [3.05, 3.63) is 93.5 Å². The van der Waals surface area contributed by atoms with Crippen molar-refractivity contribution in [2.75, 3.05) is 11.9 Å². The highest BCUT2D eigenvalue weighted by atomic mass is 79.9. The van der Waals surface area contributed by atoms with E-state index in [4.69, 9.17) is 4.74 Å². The van der Waals surface area contributed by atoms with Crippen molar-refractivity contribution in [1.29, 1.82) is 0 Å². The summed E-state index contributed by atoms with van der Waals surface area (Å²) in [5, 5.41) is 6.87. The number of anilines is 1. The summed E-state index contributed by atoms with van der Waals surface area (Å²) in [4.78, 5) is 24.5. The van der Waals surface area contributed by atoms with Crippen LogP contribution in [0.25, 0.3) is 0 Å². The Morgan fingerprint density at radius 3 is 2.58 bits per heavy atom. The van der Waals surface area contributed by atoms with E-state index in [0.717, 1.165) is 21.3 Å². The highest BCUT2D eigenvalue weighted by molar-refractivity contribution is 9.10. The Balaban J connectivity index is 1.63. The average Bonchev–Trinajstić information content (AvgIpc) is 2.77. The fourth-order valence-corrected chi connectivity index (χ4v) is 3.16. The van der Waals surface area contributed by atoms with Crippen molar-refractivity contribution >= 4 is 39.6 Å². The molecular weight excluding hydrogens is 458 g/mol. The van der Waals surface area contributed by atoms with Crippen LogP contribution < -0.4 is 15.5 Å². The summed E-state index contributed by atoms with van der Waals surface area (Å²) < 4.78 is 6.52. The van der Waals surface area contributed by atoms with Crippen molar-refractivity contribution in [2.45, 2.75) is 13.8 Å². The first-order chi connectivity index (χ1) is 14.9. The number of halogens is 1. The lowest BCUT2D eigenvalue weighted by atomic mass is 10.1. The Labute approximate surface area is 189 Å². The van der Waals surface area contributed by atoms with Crippen LogP contribution in [-0.4, -0.2) is 24.6 Å². The average molecular weight is 480 g/mol. The second-order valence-corrected chi connectivity index (χ2v) is 7.75. The Kier molecular flexibility index (Phi) is 7.56. The molecule has 2 amide bonds. The number of amides is 2. The third kappa shape index (κ3) is 6.26. The molecule has 0 saturated carbocycles. The summed E-state index contributed by atoms with van der Waals surface area (Å²) in [7, 11) is 0. The molecule has 0 heterocycles. The molecule has 3 aromatic rings. The molecule has 7 heteroatoms. The number of hydrazone groups is 1. The zero-order valence-corrected chi connectivity index (χ0v) is 18.8. The van der Waals surface area contributed by atoms with Gasteiger partial charge in [-0.3, -0.25) is 9.59 Å². The zero-order chi connectivity index (χ0) is 22.2. The minimum absolute atomic E-state index is 0.160. The van der Waals surface area contributed by atoms with Crippen LogP contribution in [0, 0.1) is 13.8 Å². The predicted octanol–water partition coefficient (Wildman–Crippen LogP) is 4.85. The molecule has 0 atom stereocenters. The SMILES string of the molecule is Cc1cccc(NC(=O)COc2ccc(Br)cc2/C=N/NC(=O)c2ccccc2)c1C. The monoisotopic (exact) mass is 479 g/mol. The normalized spacial score (nSPS) is 10.7. The minimum Gasteiger partial charge on any atom is -0.483 e. The minimum atomic E-state index is -0.317. The number of carbonyl (C=O) groups is 2. The van der Waals surface area contributed by atoms with Gasteiger partial charge in [0.15, 0.2) is 6.61 Å². The fraction of sp³-hybridized carbons (Fsp3) is 0.125. The number of aryl methyl sites for hydroxylation is 1. The summed E-state index contributed by atoms with van der Waals surface area (Å²) in [5.74, 6) is -0.115. The van der Waals surface area contributed by atoms with Gasteiger partial charge in [-0.15, -0.1) is 0 Å². The number of nitrogens with one attached hydrogen (secondary N) is 2. The quantitative estimate of drug-likeness (QED) is 0.375. The topological polar surface area (TPSA) is 79.8 Å². The maximum absolute atomic E-state index is 12.4. The molecule has 0 radical (unpaired) electrons. The van der Waals surface area contributed by atoms with Gasteiger partial charge in [0.05, 0.1) is 6.21 Å². The molecule has 3 rings (SSSR count). The molecular formula is C24H22BrN3O3. The van der Waals surface area contributed by atoms with Crippen LogP contribution >= 0.6 is 15.9 Å². The lowest BCUT2D eigenvalue weighted by Crippen LogP contribution is -2.21. The molecule has 0 aliphatic rings. The van der Waals surface area contributed by atoms with E-state index in [9.17, 15) is 9.59 Å². The highest BCUT2D eigenvalue weighted by Crippen LogP contribution is 2.22. The van der Waals surface area contributed by atoms with Gasteiger partial charge in [0.25, 0.3) is 11.8 Å². The predicted molar refractivity (Wildman–Crippen MR) is 126 cm³/mol. The van der Waals surface area contributed by atoms with Crippen LogP contribution in [0.5, 0.6) is 5.75 Å². The number of nitrogens with zero attached hydrogens (tertiary/aromatic N) is 1. The van der Waals surface area contributed by atoms with Gasteiger partial charge in [-0.1, -0.05) is 46.3 Å². The molecule has 0 aliphatic heterocycles. The van der Waals surface area contributed by atoms with E-state index in [2.05, 4.69) is 31.8 Å². The van der Waals surface area contributed by atoms with Crippen molar-refractivity contribution in [3.8, 4) is 5.75 Å². The van der Waals surface area contributed by atoms with Crippen LogP contribution in [0.3, 0.4) is 0 Å². The summed E-state index contributed by atoms with van der Waals surface area (Å²) in [6, 6.07) is 19.9. The summed E-state index contributed by atoms with van der Waals surface area (Å²) in [6.45, 7) is 3.79. The second-order valence-electron chi connectivity index (χ2n) is 6.83.